The van der Waals surface area contributed by atoms with Crippen molar-refractivity contribution in [2.45, 2.75) is 33.1 Å². The molecule has 0 aliphatic carbocycles. The molecule has 6 aromatic rings. The maximum Gasteiger partial charge on any atom is 0.333 e. The van der Waals surface area contributed by atoms with Crippen molar-refractivity contribution < 1.29 is 19.7 Å². The fraction of sp³-hybridized carbons (Fsp3) is 0.182. The minimum atomic E-state index is -0.465. The van der Waals surface area contributed by atoms with E-state index < -0.39 is 5.97 Å². The van der Waals surface area contributed by atoms with E-state index in [1.807, 2.05) is 73.7 Å². The second kappa shape index (κ2) is 11.4. The van der Waals surface area contributed by atoms with Crippen LogP contribution in [0.3, 0.4) is 0 Å². The molecule has 0 fully saturated rings. The van der Waals surface area contributed by atoms with Gasteiger partial charge in [0.05, 0.1) is 6.61 Å². The first-order valence-electron chi connectivity index (χ1n) is 14.0. The molecule has 2 N–H and O–H groups in total. The highest BCUT2D eigenvalue weighted by Gasteiger charge is 2.20. The van der Waals surface area contributed by atoms with E-state index in [4.69, 9.17) is 4.74 Å². The van der Waals surface area contributed by atoms with Gasteiger partial charge in [-0.15, -0.1) is 30.0 Å². The maximum atomic E-state index is 12.0. The average molecular weight is 575 g/mol. The first-order valence-corrected chi connectivity index (χ1v) is 14.0. The van der Waals surface area contributed by atoms with Gasteiger partial charge in [-0.05, 0) is 60.9 Å². The molecular weight excluding hydrogens is 544 g/mol. The highest BCUT2D eigenvalue weighted by atomic mass is 16.5. The number of ether oxygens (including phenoxy) is 1. The molecule has 2 aromatic heterocycles. The summed E-state index contributed by atoms with van der Waals surface area (Å²) >= 11 is 0. The van der Waals surface area contributed by atoms with Gasteiger partial charge in [-0.2, -0.15) is 0 Å². The first kappa shape index (κ1) is 27.6. The van der Waals surface area contributed by atoms with Gasteiger partial charge in [0.2, 0.25) is 0 Å². The lowest BCUT2D eigenvalue weighted by Crippen LogP contribution is -2.09. The Kier molecular flexibility index (Phi) is 7.33. The van der Waals surface area contributed by atoms with E-state index in [1.165, 1.54) is 9.59 Å². The number of phenols is 2. The second-order valence-corrected chi connectivity index (χ2v) is 10.4. The van der Waals surface area contributed by atoms with Crippen LogP contribution >= 0.6 is 0 Å². The molecule has 0 aliphatic heterocycles. The number of rotatable bonds is 9. The standard InChI is InChI=1S/C33H30N6O4/c1-4-21-15-23(31(40)29(17-21)38-34-25-9-5-6-10-26(25)35-38)19-24-16-22(13-14-43-33(42)20(2)3)18-30(32(24)41)39-36-27-11-7-8-12-28(27)37-39/h5-12,15-18,40-41H,2,4,13-14,19H2,1,3H3. The predicted octanol–water partition coefficient (Wildman–Crippen LogP) is 5.38. The second-order valence-electron chi connectivity index (χ2n) is 10.4. The third kappa shape index (κ3) is 5.54. The van der Waals surface area contributed by atoms with Crippen LogP contribution in [0.25, 0.3) is 33.4 Å². The van der Waals surface area contributed by atoms with Crippen molar-refractivity contribution in [3.05, 3.63) is 107 Å². The molecule has 10 heteroatoms. The fourth-order valence-electron chi connectivity index (χ4n) is 4.93. The molecule has 0 atom stereocenters. The van der Waals surface area contributed by atoms with Gasteiger partial charge in [0.1, 0.15) is 44.9 Å². The molecule has 6 rings (SSSR count). The number of aromatic nitrogens is 6. The normalized spacial score (nSPS) is 11.3. The minimum Gasteiger partial charge on any atom is -0.505 e. The van der Waals surface area contributed by atoms with E-state index in [1.54, 1.807) is 13.0 Å². The van der Waals surface area contributed by atoms with Crippen molar-refractivity contribution in [3.63, 3.8) is 0 Å². The monoisotopic (exact) mass is 574 g/mol. The Morgan fingerprint density at radius 1 is 0.767 bits per heavy atom. The van der Waals surface area contributed by atoms with Crippen LogP contribution < -0.4 is 0 Å². The summed E-state index contributed by atoms with van der Waals surface area (Å²) in [6.07, 6.45) is 1.30. The topological polar surface area (TPSA) is 128 Å². The van der Waals surface area contributed by atoms with E-state index in [9.17, 15) is 15.0 Å². The molecule has 0 saturated heterocycles. The van der Waals surface area contributed by atoms with Crippen molar-refractivity contribution >= 4 is 28.0 Å². The van der Waals surface area contributed by atoms with E-state index in [0.717, 1.165) is 17.5 Å². The number of phenolic OH excluding ortho intramolecular Hbond substituents is 2. The minimum absolute atomic E-state index is 0.0159. The number of aryl methyl sites for hydroxylation is 1. The molecule has 0 amide bonds. The molecule has 10 nitrogen and oxygen atoms in total. The lowest BCUT2D eigenvalue weighted by atomic mass is 9.96. The third-order valence-electron chi connectivity index (χ3n) is 7.22. The van der Waals surface area contributed by atoms with Crippen LogP contribution in [0, 0.1) is 0 Å². The van der Waals surface area contributed by atoms with Crippen molar-refractivity contribution in [1.82, 2.24) is 30.0 Å². The highest BCUT2D eigenvalue weighted by Crippen LogP contribution is 2.35. The summed E-state index contributed by atoms with van der Waals surface area (Å²) < 4.78 is 5.33. The Bertz CT molecular complexity index is 1940. The smallest absolute Gasteiger partial charge is 0.333 e. The van der Waals surface area contributed by atoms with Crippen LogP contribution in [0.4, 0.5) is 0 Å². The number of nitrogens with zero attached hydrogens (tertiary/aromatic N) is 6. The van der Waals surface area contributed by atoms with Crippen molar-refractivity contribution in [2.24, 2.45) is 0 Å². The number of carbonyl (C=O) groups is 1. The van der Waals surface area contributed by atoms with Gasteiger partial charge >= 0.3 is 5.97 Å². The lowest BCUT2D eigenvalue weighted by molar-refractivity contribution is -0.138. The Labute approximate surface area is 247 Å². The quantitative estimate of drug-likeness (QED) is 0.174. The van der Waals surface area contributed by atoms with Crippen molar-refractivity contribution in [2.75, 3.05) is 6.61 Å². The zero-order chi connectivity index (χ0) is 30.1. The molecule has 0 aliphatic rings. The molecule has 0 unspecified atom stereocenters. The van der Waals surface area contributed by atoms with E-state index in [-0.39, 0.29) is 24.5 Å². The molecule has 0 radical (unpaired) electrons. The van der Waals surface area contributed by atoms with Crippen LogP contribution in [0.2, 0.25) is 0 Å². The Morgan fingerprint density at radius 2 is 1.21 bits per heavy atom. The van der Waals surface area contributed by atoms with E-state index in [2.05, 4.69) is 27.0 Å². The van der Waals surface area contributed by atoms with E-state index >= 15 is 0 Å². The molecule has 0 bridgehead atoms. The van der Waals surface area contributed by atoms with Gasteiger partial charge in [-0.25, -0.2) is 4.79 Å². The number of esters is 1. The summed E-state index contributed by atoms with van der Waals surface area (Å²) in [5, 5.41) is 41.2. The predicted molar refractivity (Wildman–Crippen MR) is 163 cm³/mol. The molecule has 4 aromatic carbocycles. The van der Waals surface area contributed by atoms with Crippen LogP contribution in [-0.2, 0) is 28.8 Å². The lowest BCUT2D eigenvalue weighted by Gasteiger charge is -2.16. The Balaban J connectivity index is 1.42. The van der Waals surface area contributed by atoms with Crippen molar-refractivity contribution in [1.29, 1.82) is 0 Å². The third-order valence-corrected chi connectivity index (χ3v) is 7.22. The molecule has 0 saturated carbocycles. The number of fused-ring (bicyclic) bond motifs is 2. The zero-order valence-electron chi connectivity index (χ0n) is 23.9. The number of benzene rings is 4. The molecule has 43 heavy (non-hydrogen) atoms. The van der Waals surface area contributed by atoms with Gasteiger partial charge in [0.25, 0.3) is 0 Å². The summed E-state index contributed by atoms with van der Waals surface area (Å²) in [6, 6.07) is 22.4. The summed E-state index contributed by atoms with van der Waals surface area (Å²) in [7, 11) is 0. The van der Waals surface area contributed by atoms with Crippen LogP contribution in [0.1, 0.15) is 36.1 Å². The van der Waals surface area contributed by atoms with Crippen LogP contribution in [0.5, 0.6) is 11.5 Å². The van der Waals surface area contributed by atoms with Crippen LogP contribution in [-0.4, -0.2) is 52.8 Å². The van der Waals surface area contributed by atoms with E-state index in [0.29, 0.717) is 56.6 Å². The van der Waals surface area contributed by atoms with Crippen molar-refractivity contribution in [3.8, 4) is 22.9 Å². The first-order chi connectivity index (χ1) is 20.8. The number of carbonyl (C=O) groups excluding carboxylic acids is 1. The summed E-state index contributed by atoms with van der Waals surface area (Å²) in [4.78, 5) is 14.8. The molecule has 0 spiro atoms. The number of hydrogen-bond acceptors (Lipinski definition) is 8. The Hall–Kier alpha value is -5.51. The SMILES string of the molecule is C=C(C)C(=O)OCCc1cc(Cc2cc(CC)cc(-n3nc4ccccc4n3)c2O)c(O)c(-n2nc3ccccc3n2)c1. The Morgan fingerprint density at radius 3 is 1.65 bits per heavy atom. The fourth-order valence-corrected chi connectivity index (χ4v) is 4.93. The van der Waals surface area contributed by atoms with Gasteiger partial charge in [-0.1, -0.05) is 49.9 Å². The molecule has 2 heterocycles. The number of aromatic hydroxyl groups is 2. The zero-order valence-corrected chi connectivity index (χ0v) is 23.9. The summed E-state index contributed by atoms with van der Waals surface area (Å²) in [6.45, 7) is 7.39. The summed E-state index contributed by atoms with van der Waals surface area (Å²) in [5.41, 5.74) is 6.86. The molecular formula is C33H30N6O4. The van der Waals surface area contributed by atoms with Crippen LogP contribution in [0.15, 0.2) is 84.9 Å². The van der Waals surface area contributed by atoms with Gasteiger partial charge < -0.3 is 14.9 Å². The maximum absolute atomic E-state index is 12.0. The van der Waals surface area contributed by atoms with Gasteiger partial charge in [0, 0.05) is 29.5 Å². The largest absolute Gasteiger partial charge is 0.505 e. The van der Waals surface area contributed by atoms with Gasteiger partial charge in [-0.3, -0.25) is 0 Å². The number of hydrogen-bond donors (Lipinski definition) is 2. The molecule has 216 valence electrons. The van der Waals surface area contributed by atoms with Gasteiger partial charge in [0.15, 0.2) is 0 Å². The average Bonchev–Trinajstić information content (AvgIpc) is 3.64. The summed E-state index contributed by atoms with van der Waals surface area (Å²) in [5.74, 6) is -0.469. The highest BCUT2D eigenvalue weighted by molar-refractivity contribution is 5.86.